The van der Waals surface area contributed by atoms with E-state index in [1.54, 1.807) is 18.2 Å². The van der Waals surface area contributed by atoms with E-state index in [-0.39, 0.29) is 18.5 Å². The molecule has 1 aromatic carbocycles. The summed E-state index contributed by atoms with van der Waals surface area (Å²) in [6.45, 7) is 6.24. The van der Waals surface area contributed by atoms with Gasteiger partial charge in [0.05, 0.1) is 11.1 Å². The number of ether oxygens (including phenoxy) is 1. The predicted molar refractivity (Wildman–Crippen MR) is 75.7 cm³/mol. The molecule has 2 nitrogen and oxygen atoms in total. The number of Topliss-reactive ketones (excluding diaryl/α,β-unsaturated/α-hetero) is 1. The van der Waals surface area contributed by atoms with Crippen LogP contribution in [0.2, 0.25) is 10.0 Å². The van der Waals surface area contributed by atoms with Gasteiger partial charge in [0.1, 0.15) is 6.61 Å². The maximum absolute atomic E-state index is 11.9. The normalized spacial score (nSPS) is 12.8. The zero-order valence-electron chi connectivity index (χ0n) is 10.9. The van der Waals surface area contributed by atoms with E-state index in [2.05, 4.69) is 13.8 Å². The summed E-state index contributed by atoms with van der Waals surface area (Å²) in [7, 11) is 0. The number of hydrogen-bond donors (Lipinski definition) is 0. The van der Waals surface area contributed by atoms with Gasteiger partial charge in [0, 0.05) is 10.6 Å². The average molecular weight is 289 g/mol. The van der Waals surface area contributed by atoms with Gasteiger partial charge in [-0.2, -0.15) is 0 Å². The lowest BCUT2D eigenvalue weighted by Gasteiger charge is -2.14. The minimum absolute atomic E-state index is 0.0357. The first-order chi connectivity index (χ1) is 8.40. The van der Waals surface area contributed by atoms with E-state index in [1.165, 1.54) is 0 Å². The molecule has 1 atom stereocenters. The zero-order chi connectivity index (χ0) is 13.7. The minimum Gasteiger partial charge on any atom is -0.370 e. The van der Waals surface area contributed by atoms with Crippen LogP contribution in [0.1, 0.15) is 37.6 Å². The third-order valence-electron chi connectivity index (χ3n) is 2.53. The molecule has 0 aliphatic rings. The van der Waals surface area contributed by atoms with Crippen LogP contribution in [-0.2, 0) is 4.74 Å². The van der Waals surface area contributed by atoms with Crippen molar-refractivity contribution in [3.63, 3.8) is 0 Å². The Hall–Kier alpha value is -0.570. The third kappa shape index (κ3) is 4.97. The van der Waals surface area contributed by atoms with Gasteiger partial charge in [-0.15, -0.1) is 0 Å². The summed E-state index contributed by atoms with van der Waals surface area (Å²) < 4.78 is 5.51. The zero-order valence-corrected chi connectivity index (χ0v) is 12.4. The molecule has 0 bridgehead atoms. The summed E-state index contributed by atoms with van der Waals surface area (Å²) in [4.78, 5) is 11.9. The molecule has 0 saturated carbocycles. The topological polar surface area (TPSA) is 26.3 Å². The molecule has 18 heavy (non-hydrogen) atoms. The molecular formula is C14H18Cl2O2. The minimum atomic E-state index is -0.141. The van der Waals surface area contributed by atoms with Crippen molar-refractivity contribution in [2.24, 2.45) is 5.92 Å². The highest BCUT2D eigenvalue weighted by atomic mass is 35.5. The van der Waals surface area contributed by atoms with E-state index in [4.69, 9.17) is 27.9 Å². The maximum atomic E-state index is 11.9. The fourth-order valence-electron chi connectivity index (χ4n) is 1.74. The van der Waals surface area contributed by atoms with Gasteiger partial charge in [-0.3, -0.25) is 4.79 Å². The Morgan fingerprint density at radius 1 is 1.28 bits per heavy atom. The largest absolute Gasteiger partial charge is 0.370 e. The second-order valence-electron chi connectivity index (χ2n) is 4.80. The second-order valence-corrected chi connectivity index (χ2v) is 5.64. The molecule has 1 aromatic rings. The van der Waals surface area contributed by atoms with Crippen LogP contribution in [0, 0.1) is 5.92 Å². The Kier molecular flexibility index (Phi) is 6.13. The van der Waals surface area contributed by atoms with Gasteiger partial charge in [0.15, 0.2) is 5.78 Å². The van der Waals surface area contributed by atoms with Gasteiger partial charge in [-0.05, 0) is 37.5 Å². The average Bonchev–Trinajstić information content (AvgIpc) is 2.28. The van der Waals surface area contributed by atoms with Crippen LogP contribution in [0.5, 0.6) is 0 Å². The second kappa shape index (κ2) is 7.13. The lowest BCUT2D eigenvalue weighted by atomic mass is 10.1. The number of halogens is 2. The molecule has 1 rings (SSSR count). The van der Waals surface area contributed by atoms with Gasteiger partial charge < -0.3 is 4.74 Å². The Labute approximate surface area is 118 Å². The van der Waals surface area contributed by atoms with Gasteiger partial charge in [-0.1, -0.05) is 37.0 Å². The number of carbonyl (C=O) groups excluding carboxylic acids is 1. The first-order valence-corrected chi connectivity index (χ1v) is 6.75. The first-order valence-electron chi connectivity index (χ1n) is 6.00. The summed E-state index contributed by atoms with van der Waals surface area (Å²) in [5.41, 5.74) is 0.418. The fourth-order valence-corrected chi connectivity index (χ4v) is 2.13. The van der Waals surface area contributed by atoms with Crippen LogP contribution in [0.15, 0.2) is 18.2 Å². The van der Waals surface area contributed by atoms with Crippen molar-refractivity contribution in [2.75, 3.05) is 6.61 Å². The van der Waals surface area contributed by atoms with E-state index < -0.39 is 0 Å². The molecule has 0 aliphatic carbocycles. The SMILES string of the molecule is CC(C)CC(C)OCC(=O)c1cc(Cl)ccc1Cl. The van der Waals surface area contributed by atoms with Gasteiger partial charge in [-0.25, -0.2) is 0 Å². The molecule has 0 spiro atoms. The molecule has 0 heterocycles. The van der Waals surface area contributed by atoms with Crippen molar-refractivity contribution < 1.29 is 9.53 Å². The highest BCUT2D eigenvalue weighted by molar-refractivity contribution is 6.35. The summed E-state index contributed by atoms with van der Waals surface area (Å²) in [5.74, 6) is 0.406. The quantitative estimate of drug-likeness (QED) is 0.714. The molecule has 0 aliphatic heterocycles. The van der Waals surface area contributed by atoms with E-state index in [1.807, 2.05) is 6.92 Å². The van der Waals surface area contributed by atoms with Gasteiger partial charge >= 0.3 is 0 Å². The molecule has 4 heteroatoms. The van der Waals surface area contributed by atoms with Crippen LogP contribution in [-0.4, -0.2) is 18.5 Å². The Bertz CT molecular complexity index is 416. The summed E-state index contributed by atoms with van der Waals surface area (Å²) in [6, 6.07) is 4.85. The van der Waals surface area contributed by atoms with Gasteiger partial charge in [0.25, 0.3) is 0 Å². The van der Waals surface area contributed by atoms with E-state index >= 15 is 0 Å². The Morgan fingerprint density at radius 3 is 2.56 bits per heavy atom. The van der Waals surface area contributed by atoms with E-state index in [0.29, 0.717) is 21.5 Å². The molecule has 0 fully saturated rings. The molecule has 0 radical (unpaired) electrons. The molecule has 100 valence electrons. The van der Waals surface area contributed by atoms with Crippen molar-refractivity contribution in [2.45, 2.75) is 33.3 Å². The van der Waals surface area contributed by atoms with E-state index in [9.17, 15) is 4.79 Å². The smallest absolute Gasteiger partial charge is 0.190 e. The lowest BCUT2D eigenvalue weighted by molar-refractivity contribution is 0.0445. The monoisotopic (exact) mass is 288 g/mol. The summed E-state index contributed by atoms with van der Waals surface area (Å²) in [6.07, 6.45) is 0.989. The molecule has 1 unspecified atom stereocenters. The number of benzene rings is 1. The first kappa shape index (κ1) is 15.5. The van der Waals surface area contributed by atoms with Crippen molar-refractivity contribution in [3.8, 4) is 0 Å². The molecule has 0 aromatic heterocycles. The summed E-state index contributed by atoms with van der Waals surface area (Å²) >= 11 is 11.8. The highest BCUT2D eigenvalue weighted by Crippen LogP contribution is 2.21. The van der Waals surface area contributed by atoms with Crippen LogP contribution in [0.25, 0.3) is 0 Å². The van der Waals surface area contributed by atoms with Crippen LogP contribution in [0.3, 0.4) is 0 Å². The highest BCUT2D eigenvalue weighted by Gasteiger charge is 2.13. The Morgan fingerprint density at radius 2 is 1.94 bits per heavy atom. The fraction of sp³-hybridized carbons (Fsp3) is 0.500. The number of rotatable bonds is 6. The van der Waals surface area contributed by atoms with Crippen LogP contribution >= 0.6 is 23.2 Å². The van der Waals surface area contributed by atoms with Crippen molar-refractivity contribution in [3.05, 3.63) is 33.8 Å². The Balaban J connectivity index is 2.58. The number of ketones is 1. The van der Waals surface area contributed by atoms with Crippen molar-refractivity contribution in [1.29, 1.82) is 0 Å². The molecule has 0 saturated heterocycles. The third-order valence-corrected chi connectivity index (χ3v) is 3.10. The molecular weight excluding hydrogens is 271 g/mol. The molecule has 0 amide bonds. The summed E-state index contributed by atoms with van der Waals surface area (Å²) in [5, 5.41) is 0.905. The maximum Gasteiger partial charge on any atom is 0.190 e. The standard InChI is InChI=1S/C14H18Cl2O2/c1-9(2)6-10(3)18-8-14(17)12-7-11(15)4-5-13(12)16/h4-5,7,9-10H,6,8H2,1-3H3. The van der Waals surface area contributed by atoms with Crippen molar-refractivity contribution in [1.82, 2.24) is 0 Å². The lowest BCUT2D eigenvalue weighted by Crippen LogP contribution is -2.17. The van der Waals surface area contributed by atoms with Crippen LogP contribution < -0.4 is 0 Å². The number of carbonyl (C=O) groups is 1. The van der Waals surface area contributed by atoms with E-state index in [0.717, 1.165) is 6.42 Å². The van der Waals surface area contributed by atoms with Crippen molar-refractivity contribution >= 4 is 29.0 Å². The van der Waals surface area contributed by atoms with Gasteiger partial charge in [0.2, 0.25) is 0 Å². The predicted octanol–water partition coefficient (Wildman–Crippen LogP) is 4.63. The van der Waals surface area contributed by atoms with Crippen LogP contribution in [0.4, 0.5) is 0 Å². The molecule has 0 N–H and O–H groups in total. The number of hydrogen-bond acceptors (Lipinski definition) is 2.